The van der Waals surface area contributed by atoms with E-state index in [2.05, 4.69) is 5.32 Å². The second-order valence-corrected chi connectivity index (χ2v) is 8.08. The number of rotatable bonds is 6. The fourth-order valence-electron chi connectivity index (χ4n) is 3.36. The van der Waals surface area contributed by atoms with Crippen molar-refractivity contribution in [3.05, 3.63) is 29.8 Å². The van der Waals surface area contributed by atoms with Gasteiger partial charge in [0.15, 0.2) is 0 Å². The Morgan fingerprint density at radius 1 is 1.21 bits per heavy atom. The summed E-state index contributed by atoms with van der Waals surface area (Å²) < 4.78 is 11.3. The Balaban J connectivity index is 2.05. The molecule has 0 radical (unpaired) electrons. The van der Waals surface area contributed by atoms with Crippen LogP contribution in [-0.2, 0) is 26.1 Å². The number of nitrogens with one attached hydrogen (secondary N) is 1. The first kappa shape index (κ1) is 18.6. The van der Waals surface area contributed by atoms with Crippen molar-refractivity contribution < 1.29 is 18.9 Å². The van der Waals surface area contributed by atoms with Crippen molar-refractivity contribution >= 4 is 28.4 Å². The van der Waals surface area contributed by atoms with E-state index in [1.807, 2.05) is 6.07 Å². The summed E-state index contributed by atoms with van der Waals surface area (Å²) in [5.74, 6) is -0.702. The second-order valence-electron chi connectivity index (χ2n) is 6.64. The van der Waals surface area contributed by atoms with Gasteiger partial charge in [-0.05, 0) is 30.5 Å². The molecule has 1 amide bonds. The predicted molar refractivity (Wildman–Crippen MR) is 95.2 cm³/mol. The Bertz CT molecular complexity index is 621. The first-order chi connectivity index (χ1) is 11.4. The molecule has 0 unspecified atom stereocenters. The smallest absolute Gasteiger partial charge is 0.310 e. The van der Waals surface area contributed by atoms with Gasteiger partial charge in [0.25, 0.3) is 0 Å². The van der Waals surface area contributed by atoms with E-state index in [4.69, 9.17) is 0 Å². The van der Waals surface area contributed by atoms with Crippen LogP contribution in [-0.4, -0.2) is 27.4 Å². The van der Waals surface area contributed by atoms with Crippen molar-refractivity contribution in [2.75, 3.05) is 11.6 Å². The van der Waals surface area contributed by atoms with Crippen LogP contribution in [0.1, 0.15) is 50.5 Å². The van der Waals surface area contributed by atoms with Crippen LogP contribution in [0, 0.1) is 5.41 Å². The number of aliphatic carboxylic acids is 1. The summed E-state index contributed by atoms with van der Waals surface area (Å²) in [6.07, 6.45) is 6.55. The molecule has 6 heteroatoms. The van der Waals surface area contributed by atoms with Crippen LogP contribution in [0.15, 0.2) is 24.3 Å². The molecule has 1 aliphatic carbocycles. The molecule has 1 aromatic carbocycles. The topological polar surface area (TPSA) is 83.5 Å². The number of carboxylic acids is 1. The Morgan fingerprint density at radius 2 is 1.88 bits per heavy atom. The maximum atomic E-state index is 12.4. The molecule has 2 rings (SSSR count). The summed E-state index contributed by atoms with van der Waals surface area (Å²) in [6, 6.07) is 7.22. The van der Waals surface area contributed by atoms with Gasteiger partial charge in [0.2, 0.25) is 5.91 Å². The minimum absolute atomic E-state index is 0.00622. The number of anilines is 1. The van der Waals surface area contributed by atoms with E-state index < -0.39 is 22.2 Å². The van der Waals surface area contributed by atoms with Gasteiger partial charge in [0, 0.05) is 34.9 Å². The average molecular weight is 351 g/mol. The molecule has 0 aromatic heterocycles. The molecule has 0 heterocycles. The van der Waals surface area contributed by atoms with Crippen molar-refractivity contribution in [3.63, 3.8) is 0 Å². The summed E-state index contributed by atoms with van der Waals surface area (Å²) in [4.78, 5) is 24.2. The van der Waals surface area contributed by atoms with Gasteiger partial charge in [-0.25, -0.2) is 0 Å². The summed E-state index contributed by atoms with van der Waals surface area (Å²) in [6.45, 7) is 0. The molecule has 1 atom stereocenters. The highest BCUT2D eigenvalue weighted by molar-refractivity contribution is 7.83. The number of carbonyl (C=O) groups is 2. The van der Waals surface area contributed by atoms with Crippen LogP contribution in [0.2, 0.25) is 0 Å². The number of amides is 1. The number of hydrogen-bond acceptors (Lipinski definition) is 3. The lowest BCUT2D eigenvalue weighted by molar-refractivity contribution is -0.152. The third-order valence-electron chi connectivity index (χ3n) is 4.59. The zero-order chi connectivity index (χ0) is 17.6. The SMILES string of the molecule is C[S@@](=O)Cc1cccc(NC(=O)CC2(C(=O)O)CCCCCC2)c1. The zero-order valence-electron chi connectivity index (χ0n) is 14.0. The average Bonchev–Trinajstić information content (AvgIpc) is 2.73. The number of hydrogen-bond donors (Lipinski definition) is 2. The highest BCUT2D eigenvalue weighted by atomic mass is 32.2. The molecule has 1 aliphatic rings. The van der Waals surface area contributed by atoms with E-state index in [1.165, 1.54) is 0 Å². The van der Waals surface area contributed by atoms with Crippen LogP contribution < -0.4 is 5.32 Å². The maximum Gasteiger partial charge on any atom is 0.310 e. The summed E-state index contributed by atoms with van der Waals surface area (Å²) in [7, 11) is -0.948. The van der Waals surface area contributed by atoms with E-state index in [1.54, 1.807) is 24.5 Å². The van der Waals surface area contributed by atoms with Gasteiger partial charge in [-0.15, -0.1) is 0 Å². The van der Waals surface area contributed by atoms with Gasteiger partial charge in [0.05, 0.1) is 5.41 Å². The van der Waals surface area contributed by atoms with Gasteiger partial charge in [0.1, 0.15) is 0 Å². The van der Waals surface area contributed by atoms with Gasteiger partial charge in [-0.2, -0.15) is 0 Å². The van der Waals surface area contributed by atoms with Crippen LogP contribution >= 0.6 is 0 Å². The molecule has 0 bridgehead atoms. The zero-order valence-corrected chi connectivity index (χ0v) is 14.9. The monoisotopic (exact) mass is 351 g/mol. The van der Waals surface area contributed by atoms with Gasteiger partial charge >= 0.3 is 5.97 Å². The Morgan fingerprint density at radius 3 is 2.46 bits per heavy atom. The molecule has 2 N–H and O–H groups in total. The fourth-order valence-corrected chi connectivity index (χ4v) is 4.01. The third kappa shape index (κ3) is 5.16. The molecule has 132 valence electrons. The first-order valence-electron chi connectivity index (χ1n) is 8.33. The summed E-state index contributed by atoms with van der Waals surface area (Å²) in [5, 5.41) is 12.5. The van der Waals surface area contributed by atoms with Crippen molar-refractivity contribution in [1.82, 2.24) is 0 Å². The highest BCUT2D eigenvalue weighted by Gasteiger charge is 2.40. The van der Waals surface area contributed by atoms with Gasteiger partial charge in [-0.3, -0.25) is 13.8 Å². The predicted octanol–water partition coefficient (Wildman–Crippen LogP) is 3.32. The van der Waals surface area contributed by atoms with E-state index in [0.717, 1.165) is 31.2 Å². The normalized spacial score (nSPS) is 18.4. The van der Waals surface area contributed by atoms with E-state index in [0.29, 0.717) is 24.3 Å². The number of carboxylic acid groups (broad SMARTS) is 1. The van der Waals surface area contributed by atoms with Crippen molar-refractivity contribution in [3.8, 4) is 0 Å². The third-order valence-corrected chi connectivity index (χ3v) is 5.33. The molecule has 1 aromatic rings. The lowest BCUT2D eigenvalue weighted by Gasteiger charge is -2.27. The molecular formula is C18H25NO4S. The second kappa shape index (κ2) is 8.42. The largest absolute Gasteiger partial charge is 0.481 e. The van der Waals surface area contributed by atoms with Crippen molar-refractivity contribution in [1.29, 1.82) is 0 Å². The lowest BCUT2D eigenvalue weighted by Crippen LogP contribution is -2.35. The number of benzene rings is 1. The molecular weight excluding hydrogens is 326 g/mol. The minimum Gasteiger partial charge on any atom is -0.481 e. The van der Waals surface area contributed by atoms with Crippen LogP contribution in [0.5, 0.6) is 0 Å². The molecule has 0 spiro atoms. The van der Waals surface area contributed by atoms with Gasteiger partial charge < -0.3 is 10.4 Å². The highest BCUT2D eigenvalue weighted by Crippen LogP contribution is 2.38. The molecule has 0 aliphatic heterocycles. The van der Waals surface area contributed by atoms with Crippen LogP contribution in [0.25, 0.3) is 0 Å². The maximum absolute atomic E-state index is 12.4. The molecule has 0 saturated heterocycles. The van der Waals surface area contributed by atoms with Crippen LogP contribution in [0.3, 0.4) is 0 Å². The molecule has 24 heavy (non-hydrogen) atoms. The molecule has 1 saturated carbocycles. The Kier molecular flexibility index (Phi) is 6.54. The molecule has 1 fully saturated rings. The lowest BCUT2D eigenvalue weighted by atomic mass is 9.77. The Labute approximate surface area is 145 Å². The first-order valence-corrected chi connectivity index (χ1v) is 10.1. The van der Waals surface area contributed by atoms with Crippen molar-refractivity contribution in [2.24, 2.45) is 5.41 Å². The number of carbonyl (C=O) groups excluding carboxylic acids is 1. The summed E-state index contributed by atoms with van der Waals surface area (Å²) >= 11 is 0. The van der Waals surface area contributed by atoms with Gasteiger partial charge in [-0.1, -0.05) is 37.8 Å². The van der Waals surface area contributed by atoms with E-state index in [9.17, 15) is 18.9 Å². The fraction of sp³-hybridized carbons (Fsp3) is 0.556. The Hall–Kier alpha value is -1.69. The molecule has 5 nitrogen and oxygen atoms in total. The van der Waals surface area contributed by atoms with E-state index in [-0.39, 0.29) is 12.3 Å². The summed E-state index contributed by atoms with van der Waals surface area (Å²) in [5.41, 5.74) is 0.566. The standard InChI is InChI=1S/C18H25NO4S/c1-24(23)13-14-7-6-8-15(11-14)19-16(20)12-18(17(21)22)9-4-2-3-5-10-18/h6-8,11H,2-5,9-10,12-13H2,1H3,(H,19,20)(H,21,22)/t24-/m1/s1. The van der Waals surface area contributed by atoms with Crippen LogP contribution in [0.4, 0.5) is 5.69 Å². The van der Waals surface area contributed by atoms with E-state index >= 15 is 0 Å². The minimum atomic E-state index is -0.948. The van der Waals surface area contributed by atoms with Crippen molar-refractivity contribution in [2.45, 2.75) is 50.7 Å². The quantitative estimate of drug-likeness (QED) is 0.770.